The third-order valence-corrected chi connectivity index (χ3v) is 7.63. The molecular weight excluding hydrogens is 562 g/mol. The summed E-state index contributed by atoms with van der Waals surface area (Å²) in [5, 5.41) is 9.88. The fourth-order valence-corrected chi connectivity index (χ4v) is 6.20. The average Bonchev–Trinajstić information content (AvgIpc) is 2.92. The monoisotopic (exact) mass is 601 g/mol. The van der Waals surface area contributed by atoms with E-state index in [0.717, 1.165) is 33.4 Å². The van der Waals surface area contributed by atoms with Crippen LogP contribution in [-0.4, -0.2) is 34.5 Å². The van der Waals surface area contributed by atoms with Crippen molar-refractivity contribution in [2.45, 2.75) is 76.9 Å². The zero-order valence-corrected chi connectivity index (χ0v) is 25.8. The maximum absolute atomic E-state index is 12.4. The van der Waals surface area contributed by atoms with Gasteiger partial charge < -0.3 is 20.3 Å². The summed E-state index contributed by atoms with van der Waals surface area (Å²) in [7, 11) is 0. The van der Waals surface area contributed by atoms with E-state index in [9.17, 15) is 19.5 Å². The number of amides is 2. The van der Waals surface area contributed by atoms with Crippen LogP contribution in [0.5, 0.6) is 0 Å². The Balaban J connectivity index is 1.60. The average molecular weight is 602 g/mol. The summed E-state index contributed by atoms with van der Waals surface area (Å²) in [6, 6.07) is 17.5. The number of hydrazine groups is 2. The first-order valence-electron chi connectivity index (χ1n) is 14.5. The van der Waals surface area contributed by atoms with Crippen LogP contribution in [-0.2, 0) is 19.7 Å². The summed E-state index contributed by atoms with van der Waals surface area (Å²) in [5.41, 5.74) is 22.8. The van der Waals surface area contributed by atoms with Crippen molar-refractivity contribution in [3.63, 3.8) is 0 Å². The predicted octanol–water partition coefficient (Wildman–Crippen LogP) is 5.98. The topological polar surface area (TPSA) is 164 Å². The normalized spacial score (nSPS) is 17.8. The standard InChI is InChI=1S/C33H39N5O6/c1-31(2,3)43-29(41)37-35-19-8-11-22-25(16-19)33(14-13-27(39)40)24-15-18(34)7-10-21(24)28(22)23-12-9-20(17-26(23)33)36-38-30(42)44-32(4,5)6/h7-12,15-17,28,35-36H,13-14,34H2,1-6H3,(H,37,41)(H,38,42)(H,39,40). The fraction of sp³-hybridized carbons (Fsp3) is 0.364. The number of nitrogens with one attached hydrogen (secondary N) is 4. The van der Waals surface area contributed by atoms with Crippen LogP contribution in [0.2, 0.25) is 0 Å². The molecular formula is C33H39N5O6. The lowest BCUT2D eigenvalue weighted by Gasteiger charge is -2.51. The summed E-state index contributed by atoms with van der Waals surface area (Å²) >= 11 is 0. The summed E-state index contributed by atoms with van der Waals surface area (Å²) in [6.07, 6.45) is -1.13. The molecule has 0 heterocycles. The van der Waals surface area contributed by atoms with E-state index < -0.39 is 34.8 Å². The van der Waals surface area contributed by atoms with Gasteiger partial charge in [-0.3, -0.25) is 15.6 Å². The van der Waals surface area contributed by atoms with Crippen LogP contribution in [0.4, 0.5) is 26.7 Å². The number of carbonyl (C=O) groups is 3. The first-order chi connectivity index (χ1) is 20.6. The molecule has 2 amide bonds. The molecule has 0 aliphatic heterocycles. The van der Waals surface area contributed by atoms with Crippen molar-refractivity contribution in [2.75, 3.05) is 16.6 Å². The Hall–Kier alpha value is -4.93. The fourth-order valence-electron chi connectivity index (χ4n) is 6.20. The lowest BCUT2D eigenvalue weighted by molar-refractivity contribution is -0.137. The van der Waals surface area contributed by atoms with Crippen molar-refractivity contribution in [3.05, 3.63) is 88.0 Å². The Morgan fingerprint density at radius 2 is 1.18 bits per heavy atom. The van der Waals surface area contributed by atoms with E-state index in [1.165, 1.54) is 0 Å². The van der Waals surface area contributed by atoms with Crippen molar-refractivity contribution in [1.82, 2.24) is 10.9 Å². The van der Waals surface area contributed by atoms with E-state index in [2.05, 4.69) is 21.7 Å². The van der Waals surface area contributed by atoms with Crippen LogP contribution in [0.25, 0.3) is 0 Å². The molecule has 11 nitrogen and oxygen atoms in total. The van der Waals surface area contributed by atoms with Gasteiger partial charge in [0, 0.05) is 23.4 Å². The van der Waals surface area contributed by atoms with E-state index >= 15 is 0 Å². The molecule has 0 saturated carbocycles. The first-order valence-corrected chi connectivity index (χ1v) is 14.5. The molecule has 2 bridgehead atoms. The molecule has 3 aliphatic carbocycles. The van der Waals surface area contributed by atoms with Gasteiger partial charge in [0.2, 0.25) is 0 Å². The highest BCUT2D eigenvalue weighted by atomic mass is 16.6. The molecule has 7 N–H and O–H groups in total. The second-order valence-electron chi connectivity index (χ2n) is 13.2. The van der Waals surface area contributed by atoms with Gasteiger partial charge in [-0.15, -0.1) is 0 Å². The van der Waals surface area contributed by atoms with Gasteiger partial charge in [-0.1, -0.05) is 18.2 Å². The number of carboxylic acids is 1. The number of carbonyl (C=O) groups excluding carboxylic acids is 2. The molecule has 44 heavy (non-hydrogen) atoms. The van der Waals surface area contributed by atoms with E-state index in [-0.39, 0.29) is 18.8 Å². The van der Waals surface area contributed by atoms with Gasteiger partial charge in [0.05, 0.1) is 11.4 Å². The number of hydrogen-bond donors (Lipinski definition) is 6. The lowest BCUT2D eigenvalue weighted by Crippen LogP contribution is -2.43. The Kier molecular flexibility index (Phi) is 7.61. The van der Waals surface area contributed by atoms with E-state index in [0.29, 0.717) is 17.1 Å². The number of nitrogen functional groups attached to an aromatic ring is 1. The van der Waals surface area contributed by atoms with Crippen LogP contribution in [0.1, 0.15) is 93.7 Å². The van der Waals surface area contributed by atoms with Gasteiger partial charge in [0.15, 0.2) is 0 Å². The summed E-state index contributed by atoms with van der Waals surface area (Å²) < 4.78 is 10.7. The van der Waals surface area contributed by atoms with Gasteiger partial charge in [-0.2, -0.15) is 0 Å². The molecule has 0 unspecified atom stereocenters. The number of rotatable bonds is 7. The summed E-state index contributed by atoms with van der Waals surface area (Å²) in [6.45, 7) is 10.7. The minimum Gasteiger partial charge on any atom is -0.481 e. The molecule has 3 aromatic rings. The lowest BCUT2D eigenvalue weighted by atomic mass is 9.51. The molecule has 6 rings (SSSR count). The van der Waals surface area contributed by atoms with Crippen molar-refractivity contribution in [1.29, 1.82) is 0 Å². The van der Waals surface area contributed by atoms with Crippen LogP contribution >= 0.6 is 0 Å². The van der Waals surface area contributed by atoms with Crippen molar-refractivity contribution < 1.29 is 29.0 Å². The van der Waals surface area contributed by atoms with Gasteiger partial charge in [-0.05, 0) is 118 Å². The predicted molar refractivity (Wildman–Crippen MR) is 167 cm³/mol. The SMILES string of the molecule is CC(C)(C)OC(=O)NNc1ccc2c(c1)C1(CCC(=O)O)c3cc(N)ccc3C2c2ccc(NNC(=O)OC(C)(C)C)cc21. The molecule has 0 aromatic heterocycles. The van der Waals surface area contributed by atoms with Gasteiger partial charge in [0.1, 0.15) is 11.2 Å². The third kappa shape index (κ3) is 5.95. The molecule has 0 radical (unpaired) electrons. The highest BCUT2D eigenvalue weighted by Gasteiger charge is 2.52. The number of benzene rings is 3. The highest BCUT2D eigenvalue weighted by Crippen LogP contribution is 2.61. The van der Waals surface area contributed by atoms with Gasteiger partial charge in [0.25, 0.3) is 0 Å². The number of carboxylic acid groups (broad SMARTS) is 1. The molecule has 0 saturated heterocycles. The Bertz CT molecular complexity index is 1560. The van der Waals surface area contributed by atoms with Crippen molar-refractivity contribution in [2.24, 2.45) is 0 Å². The maximum atomic E-state index is 12.4. The number of anilines is 3. The summed E-state index contributed by atoms with van der Waals surface area (Å²) in [5.74, 6) is -1.06. The molecule has 3 aliphatic rings. The summed E-state index contributed by atoms with van der Waals surface area (Å²) in [4.78, 5) is 36.8. The van der Waals surface area contributed by atoms with E-state index in [1.54, 1.807) is 41.5 Å². The second-order valence-corrected chi connectivity index (χ2v) is 13.2. The van der Waals surface area contributed by atoms with Gasteiger partial charge >= 0.3 is 18.2 Å². The Labute approximate surface area is 256 Å². The molecule has 0 spiro atoms. The largest absolute Gasteiger partial charge is 0.481 e. The van der Waals surface area contributed by atoms with Gasteiger partial charge in [-0.25, -0.2) is 20.4 Å². The quantitative estimate of drug-likeness (QED) is 0.141. The second kappa shape index (κ2) is 11.0. The Morgan fingerprint density at radius 1 is 0.750 bits per heavy atom. The number of nitrogens with two attached hydrogens (primary N) is 1. The zero-order valence-electron chi connectivity index (χ0n) is 25.8. The molecule has 232 valence electrons. The molecule has 0 fully saturated rings. The van der Waals surface area contributed by atoms with Crippen molar-refractivity contribution >= 4 is 35.2 Å². The van der Waals surface area contributed by atoms with Crippen molar-refractivity contribution in [3.8, 4) is 0 Å². The molecule has 11 heteroatoms. The smallest absolute Gasteiger partial charge is 0.426 e. The first kappa shape index (κ1) is 30.5. The van der Waals surface area contributed by atoms with Crippen LogP contribution in [0.15, 0.2) is 54.6 Å². The minimum absolute atomic E-state index is 0.112. The number of aliphatic carboxylic acids is 1. The van der Waals surface area contributed by atoms with E-state index in [1.807, 2.05) is 54.6 Å². The zero-order chi connectivity index (χ0) is 32.0. The minimum atomic E-state index is -0.928. The van der Waals surface area contributed by atoms with E-state index in [4.69, 9.17) is 15.2 Å². The molecule has 0 atom stereocenters. The molecule has 3 aromatic carbocycles. The Morgan fingerprint density at radius 3 is 1.61 bits per heavy atom. The maximum Gasteiger partial charge on any atom is 0.426 e. The highest BCUT2D eigenvalue weighted by molar-refractivity contribution is 5.78. The third-order valence-electron chi connectivity index (χ3n) is 7.63. The van der Waals surface area contributed by atoms with Crippen LogP contribution in [0.3, 0.4) is 0 Å². The van der Waals surface area contributed by atoms with Crippen LogP contribution in [0, 0.1) is 0 Å². The van der Waals surface area contributed by atoms with Crippen LogP contribution < -0.4 is 27.4 Å². The number of ether oxygens (including phenoxy) is 2. The number of hydrogen-bond acceptors (Lipinski definition) is 8.